The summed E-state index contributed by atoms with van der Waals surface area (Å²) in [7, 11) is 0. The molecule has 0 spiro atoms. The number of hydrogen-bond acceptors (Lipinski definition) is 4. The Morgan fingerprint density at radius 3 is 2.74 bits per heavy atom. The smallest absolute Gasteiger partial charge is 0.252 e. The molecule has 1 aromatic carbocycles. The molecular formula is C21H26N2O3S. The average Bonchev–Trinajstić information content (AvgIpc) is 2.90. The first-order chi connectivity index (χ1) is 12.7. The van der Waals surface area contributed by atoms with Crippen molar-refractivity contribution in [1.82, 2.24) is 0 Å². The van der Waals surface area contributed by atoms with Gasteiger partial charge in [-0.05, 0) is 42.2 Å². The molecule has 1 aromatic rings. The lowest BCUT2D eigenvalue weighted by Crippen LogP contribution is -2.43. The van der Waals surface area contributed by atoms with Gasteiger partial charge in [0.1, 0.15) is 0 Å². The zero-order chi connectivity index (χ0) is 19.8. The van der Waals surface area contributed by atoms with Crippen molar-refractivity contribution in [1.29, 1.82) is 0 Å². The van der Waals surface area contributed by atoms with Crippen LogP contribution in [-0.2, 0) is 9.59 Å². The number of hydrogen-bond donors (Lipinski definition) is 1. The monoisotopic (exact) mass is 386 g/mol. The Balaban J connectivity index is 2.00. The Kier molecular flexibility index (Phi) is 5.47. The Morgan fingerprint density at radius 2 is 2.07 bits per heavy atom. The number of thioether (sulfide) groups is 1. The molecule has 1 unspecified atom stereocenters. The molecular weight excluding hydrogens is 360 g/mol. The Bertz CT molecular complexity index is 829. The van der Waals surface area contributed by atoms with Gasteiger partial charge in [-0.3, -0.25) is 14.4 Å². The van der Waals surface area contributed by atoms with E-state index in [1.807, 2.05) is 0 Å². The van der Waals surface area contributed by atoms with Crippen molar-refractivity contribution in [3.63, 3.8) is 0 Å². The lowest BCUT2D eigenvalue weighted by atomic mass is 9.72. The summed E-state index contributed by atoms with van der Waals surface area (Å²) in [5, 5.41) is 0. The summed E-state index contributed by atoms with van der Waals surface area (Å²) in [5.74, 6) is 0.300. The fourth-order valence-corrected chi connectivity index (χ4v) is 4.96. The van der Waals surface area contributed by atoms with Gasteiger partial charge < -0.3 is 10.6 Å². The number of rotatable bonds is 6. The fraction of sp³-hybridized carbons (Fsp3) is 0.476. The molecule has 1 aliphatic heterocycles. The molecule has 1 fully saturated rings. The van der Waals surface area contributed by atoms with Crippen molar-refractivity contribution in [3.8, 4) is 0 Å². The predicted molar refractivity (Wildman–Crippen MR) is 108 cm³/mol. The minimum absolute atomic E-state index is 0.0565. The quantitative estimate of drug-likeness (QED) is 0.597. The van der Waals surface area contributed by atoms with E-state index in [2.05, 4.69) is 20.8 Å². The normalized spacial score (nSPS) is 21.2. The molecule has 5 nitrogen and oxygen atoms in total. The van der Waals surface area contributed by atoms with Crippen LogP contribution in [0.3, 0.4) is 0 Å². The summed E-state index contributed by atoms with van der Waals surface area (Å²) in [5.41, 5.74) is 7.10. The minimum atomic E-state index is -0.487. The highest BCUT2D eigenvalue weighted by Crippen LogP contribution is 2.44. The molecule has 27 heavy (non-hydrogen) atoms. The highest BCUT2D eigenvalue weighted by molar-refractivity contribution is 7.99. The number of fused-ring (bicyclic) bond motifs is 1. The third-order valence-electron chi connectivity index (χ3n) is 5.15. The lowest BCUT2D eigenvalue weighted by Gasteiger charge is -2.38. The zero-order valence-electron chi connectivity index (χ0n) is 16.1. The third kappa shape index (κ3) is 3.95. The van der Waals surface area contributed by atoms with Gasteiger partial charge >= 0.3 is 0 Å². The lowest BCUT2D eigenvalue weighted by molar-refractivity contribution is -0.119. The van der Waals surface area contributed by atoms with Crippen LogP contribution in [0.5, 0.6) is 0 Å². The highest BCUT2D eigenvalue weighted by Gasteiger charge is 2.45. The first-order valence-corrected chi connectivity index (χ1v) is 10.4. The van der Waals surface area contributed by atoms with Gasteiger partial charge in [-0.2, -0.15) is 0 Å². The summed E-state index contributed by atoms with van der Waals surface area (Å²) in [4.78, 5) is 39.5. The van der Waals surface area contributed by atoms with Crippen LogP contribution < -0.4 is 10.6 Å². The number of unbranched alkanes of at least 4 members (excludes halogenated alkanes) is 1. The largest absolute Gasteiger partial charge is 0.366 e. The van der Waals surface area contributed by atoms with Crippen molar-refractivity contribution in [2.75, 3.05) is 10.7 Å². The Morgan fingerprint density at radius 1 is 1.33 bits per heavy atom. The summed E-state index contributed by atoms with van der Waals surface area (Å²) < 4.78 is 0. The second kappa shape index (κ2) is 7.50. The van der Waals surface area contributed by atoms with Crippen molar-refractivity contribution in [2.24, 2.45) is 11.1 Å². The van der Waals surface area contributed by atoms with E-state index in [-0.39, 0.29) is 23.1 Å². The molecule has 1 aliphatic carbocycles. The van der Waals surface area contributed by atoms with Crippen LogP contribution in [0.25, 0.3) is 0 Å². The summed E-state index contributed by atoms with van der Waals surface area (Å²) in [6, 6.07) is 4.97. The van der Waals surface area contributed by atoms with Crippen LogP contribution in [0.2, 0.25) is 0 Å². The molecule has 2 amide bonds. The average molecular weight is 387 g/mol. The van der Waals surface area contributed by atoms with E-state index < -0.39 is 5.91 Å². The van der Waals surface area contributed by atoms with Crippen LogP contribution in [-0.4, -0.2) is 29.4 Å². The Labute approximate surface area is 164 Å². The van der Waals surface area contributed by atoms with Gasteiger partial charge in [0.15, 0.2) is 5.78 Å². The van der Waals surface area contributed by atoms with Crippen LogP contribution in [0, 0.1) is 5.41 Å². The van der Waals surface area contributed by atoms with Crippen molar-refractivity contribution in [2.45, 2.75) is 57.4 Å². The summed E-state index contributed by atoms with van der Waals surface area (Å²) in [6.45, 7) is 6.25. The number of primary amides is 1. The fourth-order valence-electron chi connectivity index (χ4n) is 3.79. The third-order valence-corrected chi connectivity index (χ3v) is 6.28. The number of Topliss-reactive ketones (excluding diaryl/α,β-unsaturated/α-hetero) is 1. The standard InChI is InChI=1S/C21H26N2O3S/c1-4-5-8-27-18-9-13(20(22)26)6-7-15(18)23-16-11-21(2,3)12-17(24)14(16)10-19(23)25/h6-7,9-10,16H,4-5,8,11-12H2,1-3H3,(H2,22,26). The van der Waals surface area contributed by atoms with Crippen molar-refractivity contribution in [3.05, 3.63) is 35.4 Å². The molecule has 1 atom stereocenters. The molecule has 144 valence electrons. The maximum Gasteiger partial charge on any atom is 0.252 e. The Hall–Kier alpha value is -2.08. The van der Waals surface area contributed by atoms with Gasteiger partial charge in [0, 0.05) is 28.5 Å². The van der Waals surface area contributed by atoms with Crippen LogP contribution in [0.1, 0.15) is 56.8 Å². The number of nitrogens with two attached hydrogens (primary N) is 1. The number of benzene rings is 1. The first-order valence-electron chi connectivity index (χ1n) is 9.38. The maximum absolute atomic E-state index is 12.8. The molecule has 2 N–H and O–H groups in total. The number of ketones is 1. The molecule has 0 radical (unpaired) electrons. The SMILES string of the molecule is CCCCSc1cc(C(N)=O)ccc1N1C(=O)C=C2C(=O)CC(C)(C)CC21. The van der Waals surface area contributed by atoms with Gasteiger partial charge in [0.2, 0.25) is 5.91 Å². The van der Waals surface area contributed by atoms with Crippen molar-refractivity contribution < 1.29 is 14.4 Å². The van der Waals surface area contributed by atoms with Crippen LogP contribution in [0.15, 0.2) is 34.7 Å². The van der Waals surface area contributed by atoms with Gasteiger partial charge in [-0.1, -0.05) is 27.2 Å². The van der Waals surface area contributed by atoms with Crippen LogP contribution in [0.4, 0.5) is 5.69 Å². The van der Waals surface area contributed by atoms with Gasteiger partial charge in [0.05, 0.1) is 11.7 Å². The predicted octanol–water partition coefficient (Wildman–Crippen LogP) is 3.71. The molecule has 0 saturated heterocycles. The summed E-state index contributed by atoms with van der Waals surface area (Å²) >= 11 is 1.62. The van der Waals surface area contributed by atoms with Crippen molar-refractivity contribution >= 4 is 35.0 Å². The first kappa shape index (κ1) is 19.7. The van der Waals surface area contributed by atoms with E-state index in [0.717, 1.165) is 35.6 Å². The molecule has 6 heteroatoms. The van der Waals surface area contributed by atoms with E-state index in [1.54, 1.807) is 34.9 Å². The molecule has 3 rings (SSSR count). The second-order valence-corrected chi connectivity index (χ2v) is 9.18. The highest BCUT2D eigenvalue weighted by atomic mass is 32.2. The number of carbonyl (C=O) groups is 3. The molecule has 1 saturated carbocycles. The van der Waals surface area contributed by atoms with Crippen LogP contribution >= 0.6 is 11.8 Å². The van der Waals surface area contributed by atoms with Gasteiger partial charge in [-0.25, -0.2) is 0 Å². The van der Waals surface area contributed by atoms with Gasteiger partial charge in [0.25, 0.3) is 5.91 Å². The van der Waals surface area contributed by atoms with Gasteiger partial charge in [-0.15, -0.1) is 11.8 Å². The summed E-state index contributed by atoms with van der Waals surface area (Å²) in [6.07, 6.45) is 4.81. The number of amides is 2. The second-order valence-electron chi connectivity index (χ2n) is 8.04. The zero-order valence-corrected chi connectivity index (χ0v) is 16.9. The molecule has 0 aromatic heterocycles. The van der Waals surface area contributed by atoms with E-state index in [0.29, 0.717) is 17.6 Å². The van der Waals surface area contributed by atoms with E-state index in [4.69, 9.17) is 5.73 Å². The van der Waals surface area contributed by atoms with E-state index in [9.17, 15) is 14.4 Å². The molecule has 2 aliphatic rings. The number of anilines is 1. The maximum atomic E-state index is 12.8. The minimum Gasteiger partial charge on any atom is -0.366 e. The molecule has 0 bridgehead atoms. The number of nitrogens with zero attached hydrogens (tertiary/aromatic N) is 1. The van der Waals surface area contributed by atoms with E-state index in [1.165, 1.54) is 6.08 Å². The topological polar surface area (TPSA) is 80.5 Å². The molecule has 1 heterocycles. The number of carbonyl (C=O) groups excluding carboxylic acids is 3. The van der Waals surface area contributed by atoms with E-state index >= 15 is 0 Å².